The Kier molecular flexibility index (Phi) is 31.0. The van der Waals surface area contributed by atoms with Crippen LogP contribution in [0, 0.1) is 0 Å². The molecular formula is C67H94N14O12S2. The summed E-state index contributed by atoms with van der Waals surface area (Å²) in [5.74, 6) is -7.33. The molecule has 95 heavy (non-hydrogen) atoms. The van der Waals surface area contributed by atoms with E-state index in [0.29, 0.717) is 36.1 Å². The molecule has 2 aliphatic heterocycles. The summed E-state index contributed by atoms with van der Waals surface area (Å²) in [6, 6.07) is 17.8. The average Bonchev–Trinajstić information content (AvgIpc) is 1.77. The van der Waals surface area contributed by atoms with Crippen molar-refractivity contribution in [3.8, 4) is 5.75 Å². The molecule has 4 aromatic carbocycles. The Bertz CT molecular complexity index is 3240. The van der Waals surface area contributed by atoms with Crippen molar-refractivity contribution in [3.05, 3.63) is 137 Å². The number of rotatable bonds is 21. The van der Waals surface area contributed by atoms with Crippen molar-refractivity contribution in [2.75, 3.05) is 77.0 Å². The van der Waals surface area contributed by atoms with Crippen molar-refractivity contribution in [3.63, 3.8) is 0 Å². The van der Waals surface area contributed by atoms with Crippen LogP contribution in [0.3, 0.4) is 0 Å². The molecule has 7 rings (SSSR count). The summed E-state index contributed by atoms with van der Waals surface area (Å²) in [5, 5.41) is 74.9. The number of aromatic hydroxyl groups is 1. The van der Waals surface area contributed by atoms with Gasteiger partial charge in [-0.15, -0.1) is 0 Å². The molecule has 3 heterocycles. The Labute approximate surface area is 562 Å². The average molecular weight is 1350 g/mol. The van der Waals surface area contributed by atoms with Crippen LogP contribution in [0.1, 0.15) is 78.6 Å². The van der Waals surface area contributed by atoms with Crippen molar-refractivity contribution < 1.29 is 58.8 Å². The number of amides is 8. The van der Waals surface area contributed by atoms with Gasteiger partial charge in [-0.2, -0.15) is 0 Å². The van der Waals surface area contributed by atoms with Crippen LogP contribution in [-0.2, 0) is 59.4 Å². The number of aliphatic hydroxyl groups excluding tert-OH is 3. The van der Waals surface area contributed by atoms with Crippen LogP contribution in [0.15, 0.2) is 109 Å². The number of phenols is 1. The second kappa shape index (κ2) is 39.4. The summed E-state index contributed by atoms with van der Waals surface area (Å²) < 4.78 is 0. The van der Waals surface area contributed by atoms with Crippen LogP contribution in [0.2, 0.25) is 0 Å². The SMILES string of the molecule is C[C@@H](O)C1NC(=O)[C@H](CCCCN)NC(=O)[C@@H](Cc2c[nH]c3ccccc23)NC(=O)C(Cc2ccc(O)cc2)NC(=O)[C@@H](NC(=O)[C@@H](Cc2ccccc2)NC(=O)c2ccc(CN3CCCNCCNCCCNCC3)cc2)CSSCC(C(=O)N[C@H](CO)[C@@H](C)O)NC1=O. The summed E-state index contributed by atoms with van der Waals surface area (Å²) in [6.07, 6.45) is 1.18. The lowest BCUT2D eigenvalue weighted by Gasteiger charge is -2.29. The Hall–Kier alpha value is -7.64. The molecule has 28 heteroatoms. The lowest BCUT2D eigenvalue weighted by molar-refractivity contribution is -0.136. The van der Waals surface area contributed by atoms with E-state index < -0.39 is 114 Å². The van der Waals surface area contributed by atoms with E-state index in [9.17, 15) is 44.4 Å². The van der Waals surface area contributed by atoms with E-state index in [1.165, 1.54) is 26.0 Å². The first-order valence-electron chi connectivity index (χ1n) is 32.5. The Morgan fingerprint density at radius 1 is 0.642 bits per heavy atom. The van der Waals surface area contributed by atoms with E-state index in [4.69, 9.17) is 5.73 Å². The topological polar surface area (TPSA) is 395 Å². The van der Waals surface area contributed by atoms with Gasteiger partial charge in [-0.3, -0.25) is 43.3 Å². The minimum atomic E-state index is -1.72. The van der Waals surface area contributed by atoms with Crippen LogP contribution in [0.4, 0.5) is 0 Å². The highest BCUT2D eigenvalue weighted by Crippen LogP contribution is 2.25. The summed E-state index contributed by atoms with van der Waals surface area (Å²) >= 11 is 0. The van der Waals surface area contributed by atoms with E-state index in [-0.39, 0.29) is 55.0 Å². The normalized spacial score (nSPS) is 22.1. The third-order valence-corrected chi connectivity index (χ3v) is 18.9. The van der Waals surface area contributed by atoms with Crippen LogP contribution in [0.25, 0.3) is 10.9 Å². The Balaban J connectivity index is 1.23. The molecule has 2 saturated heterocycles. The number of nitrogens with one attached hydrogen (secondary N) is 12. The number of carbonyl (C=O) groups excluding carboxylic acids is 8. The molecule has 26 nitrogen and oxygen atoms in total. The molecule has 18 N–H and O–H groups in total. The fourth-order valence-corrected chi connectivity index (χ4v) is 13.3. The number of benzene rings is 4. The minimum Gasteiger partial charge on any atom is -0.508 e. The maximum atomic E-state index is 15.2. The highest BCUT2D eigenvalue weighted by molar-refractivity contribution is 8.76. The molecule has 516 valence electrons. The Morgan fingerprint density at radius 3 is 1.97 bits per heavy atom. The quantitative estimate of drug-likeness (QED) is 0.0332. The number of nitrogens with zero attached hydrogens (tertiary/aromatic N) is 1. The molecule has 0 radical (unpaired) electrons. The molecule has 10 atom stereocenters. The van der Waals surface area contributed by atoms with Gasteiger partial charge in [0.05, 0.1) is 24.9 Å². The molecule has 1 aromatic heterocycles. The number of hydrogen-bond acceptors (Lipinski definition) is 19. The third-order valence-electron chi connectivity index (χ3n) is 16.5. The molecule has 3 unspecified atom stereocenters. The van der Waals surface area contributed by atoms with E-state index in [1.807, 2.05) is 30.3 Å². The van der Waals surface area contributed by atoms with Crippen molar-refractivity contribution in [1.82, 2.24) is 68.4 Å². The van der Waals surface area contributed by atoms with Gasteiger partial charge >= 0.3 is 0 Å². The second-order valence-corrected chi connectivity index (χ2v) is 26.6. The number of fused-ring (bicyclic) bond motifs is 1. The molecule has 0 spiro atoms. The van der Waals surface area contributed by atoms with Crippen molar-refractivity contribution in [2.24, 2.45) is 5.73 Å². The number of nitrogens with two attached hydrogens (primary N) is 1. The lowest BCUT2D eigenvalue weighted by Crippen LogP contribution is -2.62. The summed E-state index contributed by atoms with van der Waals surface area (Å²) in [6.45, 7) is 9.85. The zero-order chi connectivity index (χ0) is 68.1. The number of H-pyrrole nitrogens is 1. The highest BCUT2D eigenvalue weighted by atomic mass is 33.1. The van der Waals surface area contributed by atoms with Crippen molar-refractivity contribution in [2.45, 2.75) is 132 Å². The standard InChI is InChI=1S/C67H94N14O12S2/c1-42(83)56(39-82)77-66(92)58-41-95-94-40-57(78-63(89)53(34-44-12-4-3-5-13-44)74-60(86)47-21-17-46(18-22-47)38-81-32-11-28-70-30-29-69-26-10-27-71-31-33-81)65(91)75-54(35-45-19-23-49(85)24-20-45)62(88)76-55(36-48-37-72-51-15-7-6-14-50(48)51)64(90)73-52(16-8-9-25-68)61(87)80-59(43(2)84)67(93)79-58/h3-7,12-15,17-24,37,42-43,52-59,69-72,82-85H,8-11,16,25-36,38-41,68H2,1-2H3,(H,73,90)(H,74,86)(H,75,91)(H,76,88)(H,77,92)(H,78,89)(H,79,93)(H,80,87)/t42-,43-,52+,53-,54?,55-,56-,57+,58?,59?/m1/s1. The highest BCUT2D eigenvalue weighted by Gasteiger charge is 2.37. The number of para-hydroxylation sites is 1. The second-order valence-electron chi connectivity index (χ2n) is 24.0. The fraction of sp³-hybridized carbons (Fsp3) is 0.493. The van der Waals surface area contributed by atoms with Crippen molar-refractivity contribution >= 4 is 79.7 Å². The Morgan fingerprint density at radius 2 is 1.27 bits per heavy atom. The van der Waals surface area contributed by atoms with Gasteiger partial charge in [0, 0.05) is 86.2 Å². The summed E-state index contributed by atoms with van der Waals surface area (Å²) in [5.41, 5.74) is 9.60. The number of carbonyl (C=O) groups is 8. The van der Waals surface area contributed by atoms with E-state index in [0.717, 1.165) is 103 Å². The van der Waals surface area contributed by atoms with Gasteiger partial charge < -0.3 is 89.6 Å². The van der Waals surface area contributed by atoms with Gasteiger partial charge in [-0.05, 0) is 131 Å². The zero-order valence-electron chi connectivity index (χ0n) is 53.9. The molecule has 0 aliphatic carbocycles. The molecule has 2 fully saturated rings. The van der Waals surface area contributed by atoms with Gasteiger partial charge in [0.25, 0.3) is 5.91 Å². The smallest absolute Gasteiger partial charge is 0.251 e. The van der Waals surface area contributed by atoms with Crippen LogP contribution >= 0.6 is 21.6 Å². The maximum absolute atomic E-state index is 15.2. The number of unbranched alkanes of at least 4 members (excludes halogenated alkanes) is 1. The van der Waals surface area contributed by atoms with Gasteiger partial charge in [0.15, 0.2) is 0 Å². The van der Waals surface area contributed by atoms with Crippen LogP contribution in [0.5, 0.6) is 5.75 Å². The zero-order valence-corrected chi connectivity index (χ0v) is 55.5. The van der Waals surface area contributed by atoms with Gasteiger partial charge in [-0.25, -0.2) is 0 Å². The monoisotopic (exact) mass is 1350 g/mol. The first-order chi connectivity index (χ1) is 45.9. The first-order valence-corrected chi connectivity index (χ1v) is 35.0. The number of aliphatic hydroxyl groups is 3. The van der Waals surface area contributed by atoms with E-state index in [2.05, 4.69) is 68.4 Å². The molecular weight excluding hydrogens is 1260 g/mol. The number of aromatic nitrogens is 1. The fourth-order valence-electron chi connectivity index (χ4n) is 10.9. The van der Waals surface area contributed by atoms with Gasteiger partial charge in [0.1, 0.15) is 48.0 Å². The molecule has 0 bridgehead atoms. The van der Waals surface area contributed by atoms with Crippen molar-refractivity contribution in [1.29, 1.82) is 0 Å². The van der Waals surface area contributed by atoms with Crippen LogP contribution in [-0.4, -0.2) is 215 Å². The predicted octanol–water partition coefficient (Wildman–Crippen LogP) is -0.264. The predicted molar refractivity (Wildman–Crippen MR) is 367 cm³/mol. The molecule has 2 aliphatic rings. The summed E-state index contributed by atoms with van der Waals surface area (Å²) in [4.78, 5) is 123. The number of aromatic amines is 1. The largest absolute Gasteiger partial charge is 0.508 e. The van der Waals surface area contributed by atoms with E-state index >= 15 is 14.4 Å². The van der Waals surface area contributed by atoms with E-state index in [1.54, 1.807) is 66.9 Å². The molecule has 0 saturated carbocycles. The number of phenolic OH excluding ortho intramolecular Hbond substituents is 1. The minimum absolute atomic E-state index is 0.0122. The summed E-state index contributed by atoms with van der Waals surface area (Å²) in [7, 11) is 1.96. The van der Waals surface area contributed by atoms with Gasteiger partial charge in [0.2, 0.25) is 41.4 Å². The molecule has 5 aromatic rings. The lowest BCUT2D eigenvalue weighted by atomic mass is 10.0. The number of hydrogen-bond donors (Lipinski definition) is 17. The van der Waals surface area contributed by atoms with Crippen LogP contribution < -0.4 is 64.2 Å². The molecule has 8 amide bonds. The third kappa shape index (κ3) is 24.5. The van der Waals surface area contributed by atoms with Gasteiger partial charge in [-0.1, -0.05) is 94.4 Å². The maximum Gasteiger partial charge on any atom is 0.251 e. The first kappa shape index (κ1) is 74.8.